The minimum Gasteiger partial charge on any atom is -0.275 e. The largest absolute Gasteiger partial charge is 0.404 e. The molecule has 4 rings (SSSR count). The van der Waals surface area contributed by atoms with E-state index in [-0.39, 0.29) is 34.0 Å². The normalized spacial score (nSPS) is 13.1. The lowest BCUT2D eigenvalue weighted by Gasteiger charge is -2.17. The number of hydrogen-bond donors (Lipinski definition) is 1. The smallest absolute Gasteiger partial charge is 0.275 e. The lowest BCUT2D eigenvalue weighted by molar-refractivity contribution is -0.147. The van der Waals surface area contributed by atoms with Crippen LogP contribution in [0.25, 0.3) is 28.2 Å². The molecule has 1 aromatic carbocycles. The summed E-state index contributed by atoms with van der Waals surface area (Å²) in [6, 6.07) is 4.41. The molecule has 36 heavy (non-hydrogen) atoms. The maximum atomic E-state index is 14.5. The van der Waals surface area contributed by atoms with Crippen molar-refractivity contribution in [3.8, 4) is 23.4 Å². The van der Waals surface area contributed by atoms with E-state index in [4.69, 9.17) is 0 Å². The fraction of sp³-hybridized carbons (Fsp3) is 0.182. The number of hydrogen-bond acceptors (Lipinski definition) is 6. The van der Waals surface area contributed by atoms with Gasteiger partial charge in [-0.25, -0.2) is 27.2 Å². The van der Waals surface area contributed by atoms with Crippen LogP contribution >= 0.6 is 0 Å². The van der Waals surface area contributed by atoms with E-state index < -0.39 is 38.8 Å². The predicted octanol–water partition coefficient (Wildman–Crippen LogP) is 4.17. The molecule has 0 spiro atoms. The van der Waals surface area contributed by atoms with Crippen molar-refractivity contribution in [2.45, 2.75) is 31.0 Å². The fourth-order valence-corrected chi connectivity index (χ4v) is 4.62. The minimum atomic E-state index is -4.80. The second-order valence-electron chi connectivity index (χ2n) is 7.75. The molecule has 3 heterocycles. The predicted molar refractivity (Wildman–Crippen MR) is 117 cm³/mol. The van der Waals surface area contributed by atoms with Crippen molar-refractivity contribution in [2.75, 3.05) is 0 Å². The molecule has 0 fully saturated rings. The minimum absolute atomic E-state index is 0.0107. The standard InChI is InChI=1S/C22H15F5N6O2S/c1-11-5-15-16(7-28)20(33(19(15)6-17(11)24)21-30-8-13(23)9-31-21)18-4-3-14(10-29-18)36(34,35)32-12(2)22(25,26)27/h3-6,8-10,12,32H,1-2H3/t12-/m0/s1. The Hall–Kier alpha value is -3.96. The second kappa shape index (κ2) is 8.92. The van der Waals surface area contributed by atoms with Crippen molar-refractivity contribution in [3.63, 3.8) is 0 Å². The van der Waals surface area contributed by atoms with Gasteiger partial charge in [-0.2, -0.15) is 23.2 Å². The van der Waals surface area contributed by atoms with Crippen LogP contribution in [0.1, 0.15) is 18.1 Å². The van der Waals surface area contributed by atoms with Gasteiger partial charge in [-0.1, -0.05) is 0 Å². The number of nitrogens with one attached hydrogen (secondary N) is 1. The molecule has 1 atom stereocenters. The van der Waals surface area contributed by atoms with Gasteiger partial charge in [0.05, 0.1) is 34.9 Å². The molecule has 1 N–H and O–H groups in total. The highest BCUT2D eigenvalue weighted by Gasteiger charge is 2.39. The van der Waals surface area contributed by atoms with Gasteiger partial charge in [0, 0.05) is 11.6 Å². The van der Waals surface area contributed by atoms with Crippen LogP contribution in [-0.4, -0.2) is 40.2 Å². The molecule has 3 aromatic heterocycles. The monoisotopic (exact) mass is 522 g/mol. The fourth-order valence-electron chi connectivity index (χ4n) is 3.45. The number of pyridine rings is 1. The van der Waals surface area contributed by atoms with Crippen LogP contribution in [0.5, 0.6) is 0 Å². The van der Waals surface area contributed by atoms with Crippen molar-refractivity contribution in [1.29, 1.82) is 5.26 Å². The zero-order valence-electron chi connectivity index (χ0n) is 18.5. The van der Waals surface area contributed by atoms with Gasteiger partial charge in [-0.15, -0.1) is 0 Å². The first-order valence-corrected chi connectivity index (χ1v) is 11.6. The molecule has 0 radical (unpaired) electrons. The van der Waals surface area contributed by atoms with Gasteiger partial charge in [-0.3, -0.25) is 9.55 Å². The number of nitrogens with zero attached hydrogens (tertiary/aromatic N) is 5. The molecule has 0 aliphatic carbocycles. The van der Waals surface area contributed by atoms with Gasteiger partial charge in [0.25, 0.3) is 0 Å². The van der Waals surface area contributed by atoms with Gasteiger partial charge in [0.1, 0.15) is 22.8 Å². The average Bonchev–Trinajstić information content (AvgIpc) is 3.12. The SMILES string of the molecule is Cc1cc2c(C#N)c(-c3ccc(S(=O)(=O)N[C@@H](C)C(F)(F)F)cn3)n(-c3ncc(F)cn3)c2cc1F. The number of fused-ring (bicyclic) bond motifs is 1. The van der Waals surface area contributed by atoms with Gasteiger partial charge >= 0.3 is 6.18 Å². The lowest BCUT2D eigenvalue weighted by atomic mass is 10.1. The van der Waals surface area contributed by atoms with E-state index in [0.29, 0.717) is 12.3 Å². The summed E-state index contributed by atoms with van der Waals surface area (Å²) in [5.41, 5.74) is 0.478. The van der Waals surface area contributed by atoms with E-state index in [1.54, 1.807) is 0 Å². The van der Waals surface area contributed by atoms with Crippen molar-refractivity contribution in [1.82, 2.24) is 24.2 Å². The van der Waals surface area contributed by atoms with E-state index in [1.165, 1.54) is 28.3 Å². The first-order valence-electron chi connectivity index (χ1n) is 10.1. The molecule has 0 unspecified atom stereocenters. The summed E-state index contributed by atoms with van der Waals surface area (Å²) in [6.45, 7) is 2.15. The van der Waals surface area contributed by atoms with E-state index >= 15 is 0 Å². The molecule has 0 aliphatic heterocycles. The van der Waals surface area contributed by atoms with Crippen LogP contribution in [0, 0.1) is 29.9 Å². The second-order valence-corrected chi connectivity index (χ2v) is 9.47. The third kappa shape index (κ3) is 4.50. The Labute approximate surface area is 201 Å². The highest BCUT2D eigenvalue weighted by Crippen LogP contribution is 2.36. The van der Waals surface area contributed by atoms with Crippen molar-refractivity contribution in [3.05, 3.63) is 65.6 Å². The van der Waals surface area contributed by atoms with Crippen LogP contribution in [0.2, 0.25) is 0 Å². The number of rotatable bonds is 5. The van der Waals surface area contributed by atoms with Crippen molar-refractivity contribution < 1.29 is 30.4 Å². The van der Waals surface area contributed by atoms with Gasteiger partial charge < -0.3 is 0 Å². The van der Waals surface area contributed by atoms with E-state index in [0.717, 1.165) is 30.7 Å². The molecule has 0 saturated heterocycles. The van der Waals surface area contributed by atoms with Crippen LogP contribution in [0.15, 0.2) is 47.8 Å². The van der Waals surface area contributed by atoms with Crippen molar-refractivity contribution in [2.24, 2.45) is 0 Å². The highest BCUT2D eigenvalue weighted by atomic mass is 32.2. The first kappa shape index (κ1) is 25.1. The van der Waals surface area contributed by atoms with Crippen LogP contribution in [0.3, 0.4) is 0 Å². The maximum Gasteiger partial charge on any atom is 0.404 e. The van der Waals surface area contributed by atoms with E-state index in [9.17, 15) is 35.6 Å². The zero-order chi connectivity index (χ0) is 26.4. The number of alkyl halides is 3. The summed E-state index contributed by atoms with van der Waals surface area (Å²) >= 11 is 0. The Morgan fingerprint density at radius 3 is 2.31 bits per heavy atom. The number of benzene rings is 1. The van der Waals surface area contributed by atoms with Gasteiger partial charge in [0.15, 0.2) is 5.82 Å². The molecule has 0 amide bonds. The molecule has 0 saturated carbocycles. The third-order valence-electron chi connectivity index (χ3n) is 5.28. The summed E-state index contributed by atoms with van der Waals surface area (Å²) in [5, 5.41) is 10.2. The Bertz CT molecular complexity index is 1610. The molecule has 0 aliphatic rings. The molecule has 4 aromatic rings. The maximum absolute atomic E-state index is 14.5. The summed E-state index contributed by atoms with van der Waals surface area (Å²) in [6.07, 6.45) is -2.25. The molecule has 186 valence electrons. The number of aryl methyl sites for hydroxylation is 1. The first-order chi connectivity index (χ1) is 16.8. The topological polar surface area (TPSA) is 114 Å². The average molecular weight is 522 g/mol. The number of nitriles is 1. The zero-order valence-corrected chi connectivity index (χ0v) is 19.3. The third-order valence-corrected chi connectivity index (χ3v) is 6.80. The molecular formula is C22H15F5N6O2S. The number of aromatic nitrogens is 4. The Morgan fingerprint density at radius 2 is 1.75 bits per heavy atom. The molecule has 8 nitrogen and oxygen atoms in total. The quantitative estimate of drug-likeness (QED) is 0.394. The van der Waals surface area contributed by atoms with Crippen LogP contribution in [-0.2, 0) is 10.0 Å². The Morgan fingerprint density at radius 1 is 1.08 bits per heavy atom. The number of halogens is 5. The van der Waals surface area contributed by atoms with E-state index in [1.807, 2.05) is 6.07 Å². The Kier molecular flexibility index (Phi) is 6.23. The van der Waals surface area contributed by atoms with Gasteiger partial charge in [0.2, 0.25) is 16.0 Å². The highest BCUT2D eigenvalue weighted by molar-refractivity contribution is 7.89. The molecule has 14 heteroatoms. The van der Waals surface area contributed by atoms with Gasteiger partial charge in [-0.05, 0) is 43.7 Å². The van der Waals surface area contributed by atoms with Crippen molar-refractivity contribution >= 4 is 20.9 Å². The number of sulfonamides is 1. The molecular weight excluding hydrogens is 507 g/mol. The summed E-state index contributed by atoms with van der Waals surface area (Å²) in [7, 11) is -4.58. The van der Waals surface area contributed by atoms with Crippen LogP contribution < -0.4 is 4.72 Å². The summed E-state index contributed by atoms with van der Waals surface area (Å²) in [5.74, 6) is -1.47. The lowest BCUT2D eigenvalue weighted by Crippen LogP contribution is -2.42. The van der Waals surface area contributed by atoms with Crippen LogP contribution in [0.4, 0.5) is 22.0 Å². The summed E-state index contributed by atoms with van der Waals surface area (Å²) in [4.78, 5) is 11.3. The summed E-state index contributed by atoms with van der Waals surface area (Å²) < 4.78 is 93.9. The Balaban J connectivity index is 1.91. The molecule has 0 bridgehead atoms. The van der Waals surface area contributed by atoms with E-state index in [2.05, 4.69) is 15.0 Å².